The van der Waals surface area contributed by atoms with Crippen molar-refractivity contribution in [3.8, 4) is 5.75 Å². The Bertz CT molecular complexity index is 292. The second-order valence-electron chi connectivity index (χ2n) is 2.19. The molecule has 0 bridgehead atoms. The van der Waals surface area contributed by atoms with Crippen molar-refractivity contribution in [1.82, 2.24) is 0 Å². The van der Waals surface area contributed by atoms with E-state index in [1.165, 1.54) is 6.07 Å². The van der Waals surface area contributed by atoms with Gasteiger partial charge in [0.2, 0.25) is 0 Å². The van der Waals surface area contributed by atoms with Crippen LogP contribution in [0.5, 0.6) is 5.75 Å². The van der Waals surface area contributed by atoms with Gasteiger partial charge in [-0.15, -0.1) is 0 Å². The SMILES string of the molecule is O=C(CBr)c1c(O)cccc1Cl. The van der Waals surface area contributed by atoms with Crippen molar-refractivity contribution in [2.24, 2.45) is 0 Å². The average molecular weight is 249 g/mol. The Morgan fingerprint density at radius 1 is 1.58 bits per heavy atom. The third-order valence-corrected chi connectivity index (χ3v) is 2.22. The largest absolute Gasteiger partial charge is 0.507 e. The highest BCUT2D eigenvalue weighted by atomic mass is 79.9. The van der Waals surface area contributed by atoms with Gasteiger partial charge in [0.1, 0.15) is 5.75 Å². The van der Waals surface area contributed by atoms with E-state index in [0.717, 1.165) is 0 Å². The fourth-order valence-corrected chi connectivity index (χ4v) is 1.41. The number of benzene rings is 1. The summed E-state index contributed by atoms with van der Waals surface area (Å²) in [7, 11) is 0. The van der Waals surface area contributed by atoms with Crippen LogP contribution in [-0.4, -0.2) is 16.2 Å². The maximum absolute atomic E-state index is 11.2. The number of halogens is 2. The van der Waals surface area contributed by atoms with Crippen molar-refractivity contribution < 1.29 is 9.90 Å². The van der Waals surface area contributed by atoms with Crippen molar-refractivity contribution >= 4 is 33.3 Å². The second kappa shape index (κ2) is 3.92. The van der Waals surface area contributed by atoms with E-state index in [-0.39, 0.29) is 27.4 Å². The monoisotopic (exact) mass is 248 g/mol. The van der Waals surface area contributed by atoms with Crippen LogP contribution in [0.2, 0.25) is 5.02 Å². The van der Waals surface area contributed by atoms with Crippen LogP contribution in [0.3, 0.4) is 0 Å². The van der Waals surface area contributed by atoms with Crippen LogP contribution in [0, 0.1) is 0 Å². The quantitative estimate of drug-likeness (QED) is 0.646. The van der Waals surface area contributed by atoms with E-state index in [2.05, 4.69) is 15.9 Å². The first-order valence-electron chi connectivity index (χ1n) is 3.23. The number of aromatic hydroxyl groups is 1. The molecule has 1 aromatic rings. The van der Waals surface area contributed by atoms with Crippen molar-refractivity contribution in [2.45, 2.75) is 0 Å². The van der Waals surface area contributed by atoms with Crippen LogP contribution < -0.4 is 0 Å². The van der Waals surface area contributed by atoms with Gasteiger partial charge in [0.15, 0.2) is 5.78 Å². The number of phenolic OH excluding ortho intramolecular Hbond substituents is 1. The number of hydrogen-bond acceptors (Lipinski definition) is 2. The topological polar surface area (TPSA) is 37.3 Å². The van der Waals surface area contributed by atoms with Gasteiger partial charge in [0, 0.05) is 0 Å². The van der Waals surface area contributed by atoms with Gasteiger partial charge in [0.25, 0.3) is 0 Å². The van der Waals surface area contributed by atoms with Crippen LogP contribution >= 0.6 is 27.5 Å². The number of Topliss-reactive ketones (excluding diaryl/α,β-unsaturated/α-hetero) is 1. The molecule has 0 saturated carbocycles. The molecule has 0 saturated heterocycles. The molecule has 1 aromatic carbocycles. The summed E-state index contributed by atoms with van der Waals surface area (Å²) in [6.45, 7) is 0. The lowest BCUT2D eigenvalue weighted by molar-refractivity contribution is 0.102. The Kier molecular flexibility index (Phi) is 3.12. The zero-order chi connectivity index (χ0) is 9.14. The van der Waals surface area contributed by atoms with E-state index >= 15 is 0 Å². The molecule has 1 N–H and O–H groups in total. The van der Waals surface area contributed by atoms with E-state index in [1.807, 2.05) is 0 Å². The van der Waals surface area contributed by atoms with Gasteiger partial charge in [-0.1, -0.05) is 33.6 Å². The molecule has 2 nitrogen and oxygen atoms in total. The van der Waals surface area contributed by atoms with Gasteiger partial charge in [-0.25, -0.2) is 0 Å². The highest BCUT2D eigenvalue weighted by Crippen LogP contribution is 2.25. The Balaban J connectivity index is 3.21. The predicted molar refractivity (Wildman–Crippen MR) is 51.2 cm³/mol. The summed E-state index contributed by atoms with van der Waals surface area (Å²) in [6.07, 6.45) is 0. The molecule has 0 aliphatic rings. The second-order valence-corrected chi connectivity index (χ2v) is 3.16. The molecule has 0 aliphatic heterocycles. The van der Waals surface area contributed by atoms with E-state index in [0.29, 0.717) is 0 Å². The molecule has 0 aromatic heterocycles. The molecule has 0 fully saturated rings. The maximum Gasteiger partial charge on any atom is 0.178 e. The number of carbonyl (C=O) groups excluding carboxylic acids is 1. The minimum atomic E-state index is -0.224. The van der Waals surface area contributed by atoms with E-state index in [1.54, 1.807) is 12.1 Å². The van der Waals surface area contributed by atoms with Gasteiger partial charge in [-0.3, -0.25) is 4.79 Å². The summed E-state index contributed by atoms with van der Waals surface area (Å²) >= 11 is 8.70. The van der Waals surface area contributed by atoms with Crippen LogP contribution in [0.4, 0.5) is 0 Å². The average Bonchev–Trinajstić information content (AvgIpc) is 2.03. The molecule has 0 spiro atoms. The van der Waals surface area contributed by atoms with Crippen molar-refractivity contribution in [1.29, 1.82) is 0 Å². The Morgan fingerprint density at radius 3 is 2.75 bits per heavy atom. The molecule has 12 heavy (non-hydrogen) atoms. The molecule has 0 unspecified atom stereocenters. The van der Waals surface area contributed by atoms with Crippen molar-refractivity contribution in [3.05, 3.63) is 28.8 Å². The van der Waals surface area contributed by atoms with Gasteiger partial charge in [-0.05, 0) is 12.1 Å². The van der Waals surface area contributed by atoms with Gasteiger partial charge < -0.3 is 5.11 Å². The lowest BCUT2D eigenvalue weighted by Crippen LogP contribution is -2.00. The third-order valence-electron chi connectivity index (χ3n) is 1.39. The Morgan fingerprint density at radius 2 is 2.25 bits per heavy atom. The molecule has 0 atom stereocenters. The number of phenols is 1. The highest BCUT2D eigenvalue weighted by molar-refractivity contribution is 9.09. The molecule has 0 aliphatic carbocycles. The van der Waals surface area contributed by atoms with Crippen LogP contribution in [0.25, 0.3) is 0 Å². The first-order valence-corrected chi connectivity index (χ1v) is 4.73. The van der Waals surface area contributed by atoms with Gasteiger partial charge in [-0.2, -0.15) is 0 Å². The maximum atomic E-state index is 11.2. The van der Waals surface area contributed by atoms with E-state index in [9.17, 15) is 9.90 Å². The fourth-order valence-electron chi connectivity index (χ4n) is 0.856. The summed E-state index contributed by atoms with van der Waals surface area (Å²) in [5, 5.41) is 9.70. The summed E-state index contributed by atoms with van der Waals surface area (Å²) in [4.78, 5) is 11.2. The van der Waals surface area contributed by atoms with E-state index in [4.69, 9.17) is 11.6 Å². The lowest BCUT2D eigenvalue weighted by atomic mass is 10.1. The summed E-state index contributed by atoms with van der Waals surface area (Å²) < 4.78 is 0. The molecule has 0 heterocycles. The third kappa shape index (κ3) is 1.79. The molecule has 0 amide bonds. The van der Waals surface area contributed by atoms with Crippen LogP contribution in [-0.2, 0) is 0 Å². The molecule has 0 radical (unpaired) electrons. The highest BCUT2D eigenvalue weighted by Gasteiger charge is 2.12. The predicted octanol–water partition coefficient (Wildman–Crippen LogP) is 2.62. The number of hydrogen-bond donors (Lipinski definition) is 1. The van der Waals surface area contributed by atoms with Gasteiger partial charge >= 0.3 is 0 Å². The summed E-state index contributed by atoms with van der Waals surface area (Å²) in [5.74, 6) is -0.301. The minimum Gasteiger partial charge on any atom is -0.507 e. The smallest absolute Gasteiger partial charge is 0.178 e. The minimum absolute atomic E-state index is 0.0769. The first-order chi connectivity index (χ1) is 5.66. The Labute approximate surface area is 83.3 Å². The van der Waals surface area contributed by atoms with Crippen molar-refractivity contribution in [3.63, 3.8) is 0 Å². The van der Waals surface area contributed by atoms with Crippen LogP contribution in [0.15, 0.2) is 18.2 Å². The van der Waals surface area contributed by atoms with E-state index < -0.39 is 0 Å². The molecule has 4 heteroatoms. The summed E-state index contributed by atoms with van der Waals surface area (Å²) in [6, 6.07) is 4.58. The van der Waals surface area contributed by atoms with Gasteiger partial charge in [0.05, 0.1) is 15.9 Å². The fraction of sp³-hybridized carbons (Fsp3) is 0.125. The number of carbonyl (C=O) groups is 1. The van der Waals surface area contributed by atoms with Crippen molar-refractivity contribution in [2.75, 3.05) is 5.33 Å². The standard InChI is InChI=1S/C8H6BrClO2/c9-4-7(12)8-5(10)2-1-3-6(8)11/h1-3,11H,4H2. The molecular formula is C8H6BrClO2. The zero-order valence-corrected chi connectivity index (χ0v) is 8.39. The molecule has 64 valence electrons. The lowest BCUT2D eigenvalue weighted by Gasteiger charge is -2.02. The number of alkyl halides is 1. The first kappa shape index (κ1) is 9.55. The zero-order valence-electron chi connectivity index (χ0n) is 6.05. The Hall–Kier alpha value is -0.540. The molecular weight excluding hydrogens is 243 g/mol. The summed E-state index contributed by atoms with van der Waals surface area (Å²) in [5.41, 5.74) is 0.177. The van der Waals surface area contributed by atoms with Crippen LogP contribution in [0.1, 0.15) is 10.4 Å². The molecule has 1 rings (SSSR count). The number of rotatable bonds is 2. The number of ketones is 1. The normalized spacial score (nSPS) is 9.83.